The molecule has 5 nitrogen and oxygen atoms in total. The third kappa shape index (κ3) is 3.71. The summed E-state index contributed by atoms with van der Waals surface area (Å²) in [7, 11) is 1.64. The van der Waals surface area contributed by atoms with E-state index in [9.17, 15) is 4.79 Å². The molecule has 0 fully saturated rings. The van der Waals surface area contributed by atoms with Crippen molar-refractivity contribution in [2.45, 2.75) is 18.4 Å². The number of ether oxygens (including phenoxy) is 2. The van der Waals surface area contributed by atoms with Gasteiger partial charge in [-0.15, -0.1) is 0 Å². The molecule has 0 saturated heterocycles. The zero-order valence-electron chi connectivity index (χ0n) is 20.6. The van der Waals surface area contributed by atoms with Crippen molar-refractivity contribution in [2.75, 3.05) is 7.11 Å². The van der Waals surface area contributed by atoms with Gasteiger partial charge in [-0.2, -0.15) is 0 Å². The molecule has 0 radical (unpaired) electrons. The molecule has 0 bridgehead atoms. The minimum atomic E-state index is -1.34. The summed E-state index contributed by atoms with van der Waals surface area (Å²) in [6.07, 6.45) is 0. The molecule has 5 heteroatoms. The third-order valence-corrected chi connectivity index (χ3v) is 7.17. The Kier molecular flexibility index (Phi) is 5.61. The summed E-state index contributed by atoms with van der Waals surface area (Å²) in [5.41, 5.74) is 4.12. The van der Waals surface area contributed by atoms with Crippen LogP contribution in [-0.2, 0) is 15.1 Å². The molecule has 0 saturated carbocycles. The lowest BCUT2D eigenvalue weighted by atomic mass is 9.72. The summed E-state index contributed by atoms with van der Waals surface area (Å²) in [4.78, 5) is 22.9. The Morgan fingerprint density at radius 1 is 0.838 bits per heavy atom. The van der Waals surface area contributed by atoms with Crippen LogP contribution in [0.4, 0.5) is 0 Å². The fourth-order valence-corrected chi connectivity index (χ4v) is 5.33. The van der Waals surface area contributed by atoms with Gasteiger partial charge in [0.2, 0.25) is 5.90 Å². The van der Waals surface area contributed by atoms with Crippen LogP contribution in [0.5, 0.6) is 5.75 Å². The van der Waals surface area contributed by atoms with Gasteiger partial charge in [-0.1, -0.05) is 78.9 Å². The molecule has 0 aliphatic carbocycles. The highest BCUT2D eigenvalue weighted by Crippen LogP contribution is 2.50. The molecule has 182 valence electrons. The summed E-state index contributed by atoms with van der Waals surface area (Å²) in [5.74, 6) is 0.173. The number of aliphatic imine (C=N–C) groups is 1. The van der Waals surface area contributed by atoms with Crippen molar-refractivity contribution in [1.82, 2.24) is 4.98 Å². The minimum absolute atomic E-state index is 0.321. The minimum Gasteiger partial charge on any atom is -0.497 e. The van der Waals surface area contributed by atoms with Crippen molar-refractivity contribution in [3.63, 3.8) is 0 Å². The molecule has 4 aromatic carbocycles. The molecule has 5 aromatic rings. The number of benzene rings is 4. The second-order valence-corrected chi connectivity index (χ2v) is 9.22. The lowest BCUT2D eigenvalue weighted by Crippen LogP contribution is -2.39. The predicted octanol–water partition coefficient (Wildman–Crippen LogP) is 6.52. The zero-order valence-corrected chi connectivity index (χ0v) is 20.6. The average molecular weight is 487 g/mol. The van der Waals surface area contributed by atoms with Gasteiger partial charge in [0.15, 0.2) is 5.54 Å². The summed E-state index contributed by atoms with van der Waals surface area (Å²) < 4.78 is 11.4. The van der Waals surface area contributed by atoms with E-state index in [0.717, 1.165) is 44.6 Å². The number of carbonyl (C=O) groups is 1. The highest BCUT2D eigenvalue weighted by molar-refractivity contribution is 6.09. The first-order chi connectivity index (χ1) is 18.1. The van der Waals surface area contributed by atoms with Crippen LogP contribution in [0.3, 0.4) is 0 Å². The van der Waals surface area contributed by atoms with E-state index in [0.29, 0.717) is 5.90 Å². The number of rotatable bonds is 6. The number of methoxy groups -OCH3 is 1. The van der Waals surface area contributed by atoms with Crippen molar-refractivity contribution in [3.8, 4) is 5.75 Å². The first kappa shape index (κ1) is 22.8. The normalized spacial score (nSPS) is 17.9. The quantitative estimate of drug-likeness (QED) is 0.278. The van der Waals surface area contributed by atoms with Crippen LogP contribution in [0, 0.1) is 6.92 Å². The summed E-state index contributed by atoms with van der Waals surface area (Å²) in [5, 5.41) is 1.11. The number of nitrogens with one attached hydrogen (secondary N) is 1. The fraction of sp³-hybridized carbons (Fsp3) is 0.125. The van der Waals surface area contributed by atoms with Gasteiger partial charge in [-0.3, -0.25) is 0 Å². The molecule has 2 atom stereocenters. The number of cyclic esters (lactones) is 1. The molecule has 1 aromatic heterocycles. The van der Waals surface area contributed by atoms with Crippen LogP contribution < -0.4 is 4.74 Å². The number of para-hydroxylation sites is 1. The maximum atomic E-state index is 14.1. The van der Waals surface area contributed by atoms with Crippen LogP contribution in [0.25, 0.3) is 10.9 Å². The van der Waals surface area contributed by atoms with E-state index in [-0.39, 0.29) is 0 Å². The number of fused-ring (bicyclic) bond motifs is 1. The molecule has 0 spiro atoms. The van der Waals surface area contributed by atoms with E-state index < -0.39 is 17.4 Å². The van der Waals surface area contributed by atoms with Gasteiger partial charge in [0.05, 0.1) is 13.0 Å². The van der Waals surface area contributed by atoms with Crippen LogP contribution in [0.15, 0.2) is 114 Å². The number of carbonyl (C=O) groups excluding carboxylic acids is 1. The number of aryl methyl sites for hydroxylation is 1. The van der Waals surface area contributed by atoms with Crippen LogP contribution >= 0.6 is 0 Å². The molecule has 1 N–H and O–H groups in total. The van der Waals surface area contributed by atoms with Gasteiger partial charge in [0.1, 0.15) is 5.75 Å². The number of aromatic amines is 1. The highest BCUT2D eigenvalue weighted by atomic mass is 16.6. The number of H-pyrrole nitrogens is 1. The first-order valence-corrected chi connectivity index (χ1v) is 12.3. The Hall–Kier alpha value is -4.64. The van der Waals surface area contributed by atoms with E-state index in [2.05, 4.69) is 24.0 Å². The van der Waals surface area contributed by atoms with E-state index in [4.69, 9.17) is 14.5 Å². The molecular formula is C32H26N2O3. The van der Waals surface area contributed by atoms with E-state index >= 15 is 0 Å². The Balaban J connectivity index is 1.67. The van der Waals surface area contributed by atoms with Gasteiger partial charge in [-0.25, -0.2) is 9.79 Å². The lowest BCUT2D eigenvalue weighted by molar-refractivity contribution is -0.140. The van der Waals surface area contributed by atoms with Crippen molar-refractivity contribution >= 4 is 22.8 Å². The third-order valence-electron chi connectivity index (χ3n) is 7.17. The average Bonchev–Trinajstić information content (AvgIpc) is 3.48. The van der Waals surface area contributed by atoms with Gasteiger partial charge >= 0.3 is 5.97 Å². The number of aromatic nitrogens is 1. The summed E-state index contributed by atoms with van der Waals surface area (Å²) in [6.45, 7) is 2.09. The Bertz CT molecular complexity index is 1610. The van der Waals surface area contributed by atoms with Crippen molar-refractivity contribution in [1.29, 1.82) is 0 Å². The number of nitrogens with zero attached hydrogens (tertiary/aromatic N) is 1. The fourth-order valence-electron chi connectivity index (χ4n) is 5.33. The first-order valence-electron chi connectivity index (χ1n) is 12.3. The maximum absolute atomic E-state index is 14.1. The number of hydrogen-bond donors (Lipinski definition) is 1. The smallest absolute Gasteiger partial charge is 0.346 e. The van der Waals surface area contributed by atoms with Crippen LogP contribution in [-0.4, -0.2) is 24.0 Å². The molecule has 0 unspecified atom stereocenters. The Labute approximate surface area is 215 Å². The van der Waals surface area contributed by atoms with Crippen molar-refractivity contribution in [2.24, 2.45) is 4.99 Å². The van der Waals surface area contributed by atoms with Gasteiger partial charge in [0.25, 0.3) is 0 Å². The van der Waals surface area contributed by atoms with Crippen LogP contribution in [0.2, 0.25) is 0 Å². The zero-order chi connectivity index (χ0) is 25.4. The SMILES string of the molecule is COc1ccc([C@H](c2[nH]c3ccccc3c2C)[C@]2(c3ccccc3)N=C(c3ccccc3)OC2=O)cc1. The van der Waals surface area contributed by atoms with E-state index in [1.54, 1.807) is 7.11 Å². The number of esters is 1. The monoisotopic (exact) mass is 486 g/mol. The topological polar surface area (TPSA) is 63.7 Å². The Morgan fingerprint density at radius 2 is 1.49 bits per heavy atom. The standard InChI is InChI=1S/C32H26N2O3/c1-21-26-15-9-10-16-27(26)33-29(21)28(22-17-19-25(36-2)20-18-22)32(24-13-7-4-8-14-24)31(35)37-30(34-32)23-11-5-3-6-12-23/h3-20,28,33H,1-2H3/t28-,32+/m1/s1. The summed E-state index contributed by atoms with van der Waals surface area (Å²) in [6, 6.07) is 35.3. The second kappa shape index (κ2) is 9.10. The molecule has 2 heterocycles. The lowest BCUT2D eigenvalue weighted by Gasteiger charge is -2.32. The van der Waals surface area contributed by atoms with Gasteiger partial charge in [0, 0.05) is 22.2 Å². The largest absolute Gasteiger partial charge is 0.497 e. The molecular weight excluding hydrogens is 460 g/mol. The second-order valence-electron chi connectivity index (χ2n) is 9.22. The van der Waals surface area contributed by atoms with Crippen LogP contribution in [0.1, 0.15) is 33.9 Å². The van der Waals surface area contributed by atoms with E-state index in [1.807, 2.05) is 97.1 Å². The molecule has 1 aliphatic heterocycles. The van der Waals surface area contributed by atoms with E-state index in [1.165, 1.54) is 0 Å². The molecule has 6 rings (SSSR count). The summed E-state index contributed by atoms with van der Waals surface area (Å²) >= 11 is 0. The van der Waals surface area contributed by atoms with Crippen molar-refractivity contribution < 1.29 is 14.3 Å². The predicted molar refractivity (Wildman–Crippen MR) is 145 cm³/mol. The molecule has 0 amide bonds. The highest BCUT2D eigenvalue weighted by Gasteiger charge is 2.55. The van der Waals surface area contributed by atoms with Crippen molar-refractivity contribution in [3.05, 3.63) is 137 Å². The molecule has 1 aliphatic rings. The number of hydrogen-bond acceptors (Lipinski definition) is 4. The van der Waals surface area contributed by atoms with Gasteiger partial charge < -0.3 is 14.5 Å². The molecule has 37 heavy (non-hydrogen) atoms. The maximum Gasteiger partial charge on any atom is 0.346 e. The van der Waals surface area contributed by atoms with Gasteiger partial charge in [-0.05, 0) is 53.9 Å². The Morgan fingerprint density at radius 3 is 2.16 bits per heavy atom.